The van der Waals surface area contributed by atoms with Crippen molar-refractivity contribution in [1.82, 2.24) is 24.5 Å². The minimum absolute atomic E-state index is 0.0703. The fourth-order valence-corrected chi connectivity index (χ4v) is 3.63. The van der Waals surface area contributed by atoms with Crippen LogP contribution in [0.2, 0.25) is 5.15 Å². The number of aliphatic hydroxyl groups is 1. The Labute approximate surface area is 148 Å². The van der Waals surface area contributed by atoms with E-state index in [0.29, 0.717) is 18.2 Å². The van der Waals surface area contributed by atoms with Crippen LogP contribution in [0, 0.1) is 13.8 Å². The van der Waals surface area contributed by atoms with Crippen LogP contribution in [0.1, 0.15) is 17.0 Å². The molecule has 0 aliphatic rings. The monoisotopic (exact) mass is 366 g/mol. The van der Waals surface area contributed by atoms with Crippen LogP contribution in [-0.2, 0) is 20.1 Å². The van der Waals surface area contributed by atoms with E-state index in [1.165, 1.54) is 0 Å². The van der Waals surface area contributed by atoms with E-state index in [0.717, 1.165) is 32.7 Å². The second-order valence-corrected chi connectivity index (χ2v) is 6.81. The van der Waals surface area contributed by atoms with Crippen molar-refractivity contribution in [2.24, 2.45) is 7.05 Å². The highest BCUT2D eigenvalue weighted by molar-refractivity contribution is 7.19. The molecule has 2 N–H and O–H groups in total. The zero-order chi connectivity index (χ0) is 17.3. The fraction of sp³-hybridized carbons (Fsp3) is 0.400. The summed E-state index contributed by atoms with van der Waals surface area (Å²) >= 11 is 7.81. The first kappa shape index (κ1) is 16.9. The standard InChI is InChI=1S/C15H19ClN6OS/c1-9-11(14(16)21(3)19-9)8-17-15-18-10(2)13(24-15)12-4-5-22(20-12)6-7-23/h4-5,23H,6-8H2,1-3H3,(H,17,18). The van der Waals surface area contributed by atoms with Gasteiger partial charge in [0, 0.05) is 25.4 Å². The maximum Gasteiger partial charge on any atom is 0.183 e. The summed E-state index contributed by atoms with van der Waals surface area (Å²) in [5.41, 5.74) is 3.67. The Balaban J connectivity index is 1.76. The molecule has 0 bridgehead atoms. The van der Waals surface area contributed by atoms with E-state index < -0.39 is 0 Å². The van der Waals surface area contributed by atoms with Crippen LogP contribution in [0.5, 0.6) is 0 Å². The van der Waals surface area contributed by atoms with Gasteiger partial charge in [0.05, 0.1) is 29.4 Å². The largest absolute Gasteiger partial charge is 0.394 e. The topological polar surface area (TPSA) is 80.8 Å². The number of hydrogen-bond acceptors (Lipinski definition) is 6. The van der Waals surface area contributed by atoms with Crippen LogP contribution in [0.15, 0.2) is 12.3 Å². The minimum atomic E-state index is 0.0703. The van der Waals surface area contributed by atoms with Gasteiger partial charge in [0.15, 0.2) is 5.13 Å². The molecule has 9 heteroatoms. The molecule has 0 atom stereocenters. The Morgan fingerprint density at radius 2 is 2.08 bits per heavy atom. The van der Waals surface area contributed by atoms with Crippen molar-refractivity contribution < 1.29 is 5.11 Å². The number of aliphatic hydroxyl groups excluding tert-OH is 1. The first-order valence-corrected chi connectivity index (χ1v) is 8.73. The highest BCUT2D eigenvalue weighted by atomic mass is 35.5. The summed E-state index contributed by atoms with van der Waals surface area (Å²) in [6, 6.07) is 1.93. The number of rotatable bonds is 6. The Hall–Kier alpha value is -1.90. The number of nitrogens with one attached hydrogen (secondary N) is 1. The SMILES string of the molecule is Cc1nc(NCc2c(C)nn(C)c2Cl)sc1-c1ccn(CCO)n1. The third-order valence-electron chi connectivity index (χ3n) is 3.69. The number of halogens is 1. The molecule has 0 spiro atoms. The maximum atomic E-state index is 8.98. The van der Waals surface area contributed by atoms with Gasteiger partial charge in [0.2, 0.25) is 0 Å². The number of hydrogen-bond donors (Lipinski definition) is 2. The second kappa shape index (κ2) is 6.92. The lowest BCUT2D eigenvalue weighted by Crippen LogP contribution is -2.02. The molecule has 3 aromatic rings. The molecule has 0 aliphatic carbocycles. The smallest absolute Gasteiger partial charge is 0.183 e. The average Bonchev–Trinajstić information content (AvgIpc) is 3.19. The summed E-state index contributed by atoms with van der Waals surface area (Å²) in [5.74, 6) is 0. The minimum Gasteiger partial charge on any atom is -0.394 e. The van der Waals surface area contributed by atoms with Crippen molar-refractivity contribution in [2.45, 2.75) is 26.9 Å². The molecular weight excluding hydrogens is 348 g/mol. The summed E-state index contributed by atoms with van der Waals surface area (Å²) in [6.45, 7) is 5.03. The van der Waals surface area contributed by atoms with Crippen LogP contribution in [0.4, 0.5) is 5.13 Å². The zero-order valence-electron chi connectivity index (χ0n) is 13.7. The third-order valence-corrected chi connectivity index (χ3v) is 5.30. The predicted octanol–water partition coefficient (Wildman–Crippen LogP) is 2.61. The lowest BCUT2D eigenvalue weighted by atomic mass is 10.3. The van der Waals surface area contributed by atoms with Crippen molar-refractivity contribution in [3.05, 3.63) is 34.4 Å². The van der Waals surface area contributed by atoms with E-state index in [1.54, 1.807) is 20.7 Å². The van der Waals surface area contributed by atoms with Gasteiger partial charge in [0.25, 0.3) is 0 Å². The van der Waals surface area contributed by atoms with Gasteiger partial charge < -0.3 is 10.4 Å². The van der Waals surface area contributed by atoms with E-state index in [-0.39, 0.29) is 6.61 Å². The molecule has 3 aromatic heterocycles. The van der Waals surface area contributed by atoms with Gasteiger partial charge in [-0.3, -0.25) is 9.36 Å². The van der Waals surface area contributed by atoms with E-state index in [9.17, 15) is 0 Å². The molecule has 0 amide bonds. The first-order valence-electron chi connectivity index (χ1n) is 7.53. The average molecular weight is 367 g/mol. The van der Waals surface area contributed by atoms with Gasteiger partial charge in [-0.1, -0.05) is 22.9 Å². The van der Waals surface area contributed by atoms with Crippen molar-refractivity contribution in [2.75, 3.05) is 11.9 Å². The predicted molar refractivity (Wildman–Crippen MR) is 95.4 cm³/mol. The summed E-state index contributed by atoms with van der Waals surface area (Å²) < 4.78 is 3.39. The van der Waals surface area contributed by atoms with Crippen molar-refractivity contribution >= 4 is 28.1 Å². The van der Waals surface area contributed by atoms with Gasteiger partial charge in [-0.05, 0) is 19.9 Å². The molecule has 128 valence electrons. The molecule has 0 aliphatic heterocycles. The van der Waals surface area contributed by atoms with E-state index >= 15 is 0 Å². The van der Waals surface area contributed by atoms with Crippen molar-refractivity contribution in [3.63, 3.8) is 0 Å². The molecule has 3 heterocycles. The van der Waals surface area contributed by atoms with Gasteiger partial charge in [0.1, 0.15) is 10.8 Å². The molecular formula is C15H19ClN6OS. The van der Waals surface area contributed by atoms with E-state index in [1.807, 2.05) is 33.2 Å². The molecule has 0 aromatic carbocycles. The van der Waals surface area contributed by atoms with Crippen LogP contribution < -0.4 is 5.32 Å². The van der Waals surface area contributed by atoms with Gasteiger partial charge in [-0.15, -0.1) is 0 Å². The molecule has 0 unspecified atom stereocenters. The van der Waals surface area contributed by atoms with Crippen LogP contribution in [0.3, 0.4) is 0 Å². The fourth-order valence-electron chi connectivity index (χ4n) is 2.46. The quantitative estimate of drug-likeness (QED) is 0.700. The molecule has 0 saturated heterocycles. The number of aromatic nitrogens is 5. The highest BCUT2D eigenvalue weighted by Crippen LogP contribution is 2.32. The number of aryl methyl sites for hydroxylation is 3. The molecule has 3 rings (SSSR count). The summed E-state index contributed by atoms with van der Waals surface area (Å²) in [7, 11) is 1.83. The molecule has 24 heavy (non-hydrogen) atoms. The number of anilines is 1. The van der Waals surface area contributed by atoms with Gasteiger partial charge >= 0.3 is 0 Å². The van der Waals surface area contributed by atoms with Crippen LogP contribution in [-0.4, -0.2) is 36.3 Å². The zero-order valence-corrected chi connectivity index (χ0v) is 15.3. The first-order chi connectivity index (χ1) is 11.5. The summed E-state index contributed by atoms with van der Waals surface area (Å²) in [6.07, 6.45) is 1.86. The lowest BCUT2D eigenvalue weighted by molar-refractivity contribution is 0.269. The Kier molecular flexibility index (Phi) is 4.88. The molecule has 0 fully saturated rings. The van der Waals surface area contributed by atoms with Gasteiger partial charge in [-0.25, -0.2) is 4.98 Å². The number of nitrogens with zero attached hydrogens (tertiary/aromatic N) is 5. The normalized spacial score (nSPS) is 11.2. The Morgan fingerprint density at radius 1 is 1.29 bits per heavy atom. The van der Waals surface area contributed by atoms with Gasteiger partial charge in [-0.2, -0.15) is 10.2 Å². The second-order valence-electron chi connectivity index (χ2n) is 5.45. The Morgan fingerprint density at radius 3 is 2.75 bits per heavy atom. The lowest BCUT2D eigenvalue weighted by Gasteiger charge is -2.02. The van der Waals surface area contributed by atoms with E-state index in [2.05, 4.69) is 20.5 Å². The third kappa shape index (κ3) is 3.31. The summed E-state index contributed by atoms with van der Waals surface area (Å²) in [4.78, 5) is 5.58. The summed E-state index contributed by atoms with van der Waals surface area (Å²) in [5, 5.41) is 22.5. The Bertz CT molecular complexity index is 852. The van der Waals surface area contributed by atoms with E-state index in [4.69, 9.17) is 16.7 Å². The highest BCUT2D eigenvalue weighted by Gasteiger charge is 2.15. The molecule has 0 saturated carbocycles. The number of thiazole rings is 1. The maximum absolute atomic E-state index is 8.98. The molecule has 0 radical (unpaired) electrons. The van der Waals surface area contributed by atoms with Crippen molar-refractivity contribution in [3.8, 4) is 10.6 Å². The van der Waals surface area contributed by atoms with Crippen molar-refractivity contribution in [1.29, 1.82) is 0 Å². The van der Waals surface area contributed by atoms with Crippen LogP contribution >= 0.6 is 22.9 Å². The van der Waals surface area contributed by atoms with Crippen LogP contribution in [0.25, 0.3) is 10.6 Å². The molecule has 7 nitrogen and oxygen atoms in total.